The van der Waals surface area contributed by atoms with Crippen LogP contribution < -0.4 is 5.32 Å². The lowest BCUT2D eigenvalue weighted by atomic mass is 10.1. The van der Waals surface area contributed by atoms with Crippen molar-refractivity contribution >= 4 is 16.8 Å². The molecule has 1 aromatic heterocycles. The van der Waals surface area contributed by atoms with Crippen LogP contribution in [0.4, 0.5) is 0 Å². The summed E-state index contributed by atoms with van der Waals surface area (Å²) in [5.74, 6) is 0.747. The maximum Gasteiger partial charge on any atom is 0.252 e. The van der Waals surface area contributed by atoms with E-state index in [1.807, 2.05) is 30.3 Å². The molecule has 98 valence electrons. The normalized spacial score (nSPS) is 22.6. The number of fused-ring (bicyclic) bond motifs is 1. The number of amides is 1. The van der Waals surface area contributed by atoms with Gasteiger partial charge in [-0.15, -0.1) is 0 Å². The fraction of sp³-hybridized carbons (Fsp3) is 0.375. The van der Waals surface area contributed by atoms with Crippen LogP contribution in [0.15, 0.2) is 36.5 Å². The van der Waals surface area contributed by atoms with Gasteiger partial charge in [-0.05, 0) is 43.4 Å². The quantitative estimate of drug-likeness (QED) is 0.894. The fourth-order valence-electron chi connectivity index (χ4n) is 2.90. The van der Waals surface area contributed by atoms with Gasteiger partial charge in [0, 0.05) is 23.2 Å². The number of nitrogens with one attached hydrogen (secondary N) is 1. The highest BCUT2D eigenvalue weighted by Crippen LogP contribution is 2.25. The monoisotopic (exact) mass is 254 g/mol. The maximum atomic E-state index is 12.4. The lowest BCUT2D eigenvalue weighted by molar-refractivity contribution is 0.0939. The molecule has 3 rings (SSSR count). The van der Waals surface area contributed by atoms with Crippen molar-refractivity contribution in [2.75, 3.05) is 0 Å². The number of aromatic nitrogens is 1. The number of benzene rings is 1. The van der Waals surface area contributed by atoms with Gasteiger partial charge in [0.25, 0.3) is 5.91 Å². The summed E-state index contributed by atoms with van der Waals surface area (Å²) in [5, 5.41) is 4.08. The Morgan fingerprint density at radius 1 is 1.26 bits per heavy atom. The molecule has 2 aromatic rings. The molecule has 19 heavy (non-hydrogen) atoms. The molecule has 0 bridgehead atoms. The predicted octanol–water partition coefficient (Wildman–Crippen LogP) is 3.15. The van der Waals surface area contributed by atoms with Crippen molar-refractivity contribution in [1.29, 1.82) is 0 Å². The first kappa shape index (κ1) is 12.2. The molecule has 0 radical (unpaired) electrons. The first-order valence-corrected chi connectivity index (χ1v) is 6.88. The maximum absolute atomic E-state index is 12.4. The van der Waals surface area contributed by atoms with Crippen molar-refractivity contribution < 1.29 is 4.79 Å². The minimum absolute atomic E-state index is 0.0256. The van der Waals surface area contributed by atoms with Crippen LogP contribution in [0.25, 0.3) is 10.9 Å². The van der Waals surface area contributed by atoms with Gasteiger partial charge in [-0.3, -0.25) is 9.78 Å². The van der Waals surface area contributed by atoms with Gasteiger partial charge in [0.05, 0.1) is 5.52 Å². The van der Waals surface area contributed by atoms with Crippen molar-refractivity contribution in [3.8, 4) is 0 Å². The van der Waals surface area contributed by atoms with E-state index in [1.54, 1.807) is 6.20 Å². The average Bonchev–Trinajstić information content (AvgIpc) is 2.83. The number of carbonyl (C=O) groups is 1. The van der Waals surface area contributed by atoms with Gasteiger partial charge in [0.1, 0.15) is 0 Å². The Bertz CT molecular complexity index is 603. The van der Waals surface area contributed by atoms with Crippen LogP contribution in [0.2, 0.25) is 0 Å². The molecule has 1 N–H and O–H groups in total. The van der Waals surface area contributed by atoms with Crippen molar-refractivity contribution in [3.63, 3.8) is 0 Å². The molecule has 1 aliphatic rings. The van der Waals surface area contributed by atoms with Gasteiger partial charge in [-0.25, -0.2) is 0 Å². The van der Waals surface area contributed by atoms with Gasteiger partial charge >= 0.3 is 0 Å². The van der Waals surface area contributed by atoms with Crippen molar-refractivity contribution in [3.05, 3.63) is 42.1 Å². The van der Waals surface area contributed by atoms with Crippen LogP contribution in [0.1, 0.15) is 36.5 Å². The summed E-state index contributed by atoms with van der Waals surface area (Å²) in [6, 6.07) is 9.85. The first-order valence-electron chi connectivity index (χ1n) is 6.88. The second kappa shape index (κ2) is 5.00. The zero-order valence-electron chi connectivity index (χ0n) is 11.1. The molecule has 1 fully saturated rings. The highest BCUT2D eigenvalue weighted by molar-refractivity contribution is 6.06. The molecule has 1 aliphatic carbocycles. The standard InChI is InChI=1S/C16H18N2O/c1-11-7-8-12(10-11)18-16(19)14-4-2-6-15-13(14)5-3-9-17-15/h2-6,9,11-12H,7-8,10H2,1H3,(H,18,19). The summed E-state index contributed by atoms with van der Waals surface area (Å²) < 4.78 is 0. The van der Waals surface area contributed by atoms with Crippen molar-refractivity contribution in [2.24, 2.45) is 5.92 Å². The third kappa shape index (κ3) is 2.46. The number of pyridine rings is 1. The van der Waals surface area contributed by atoms with Crippen LogP contribution in [0.3, 0.4) is 0 Å². The number of hydrogen-bond donors (Lipinski definition) is 1. The summed E-state index contributed by atoms with van der Waals surface area (Å²) in [6.45, 7) is 2.24. The Hall–Kier alpha value is -1.90. The molecule has 2 atom stereocenters. The van der Waals surface area contributed by atoms with E-state index in [0.717, 1.165) is 35.2 Å². The lowest BCUT2D eigenvalue weighted by Gasteiger charge is -2.13. The molecule has 3 heteroatoms. The fourth-order valence-corrected chi connectivity index (χ4v) is 2.90. The highest BCUT2D eigenvalue weighted by atomic mass is 16.1. The Morgan fingerprint density at radius 2 is 2.16 bits per heavy atom. The molecule has 0 spiro atoms. The molecule has 0 saturated heterocycles. The minimum atomic E-state index is 0.0256. The molecule has 1 amide bonds. The van der Waals surface area contributed by atoms with Crippen LogP contribution in [0.5, 0.6) is 0 Å². The summed E-state index contributed by atoms with van der Waals surface area (Å²) in [6.07, 6.45) is 5.15. The van der Waals surface area contributed by atoms with Gasteiger partial charge < -0.3 is 5.32 Å². The van der Waals surface area contributed by atoms with E-state index in [4.69, 9.17) is 0 Å². The summed E-state index contributed by atoms with van der Waals surface area (Å²) in [7, 11) is 0. The molecular weight excluding hydrogens is 236 g/mol. The largest absolute Gasteiger partial charge is 0.349 e. The Balaban J connectivity index is 1.85. The second-order valence-electron chi connectivity index (χ2n) is 5.46. The number of rotatable bonds is 2. The van der Waals surface area contributed by atoms with Gasteiger partial charge in [0.15, 0.2) is 0 Å². The molecule has 1 heterocycles. The van der Waals surface area contributed by atoms with Gasteiger partial charge in [-0.1, -0.05) is 19.1 Å². The van der Waals surface area contributed by atoms with Crippen LogP contribution in [-0.2, 0) is 0 Å². The van der Waals surface area contributed by atoms with E-state index >= 15 is 0 Å². The van der Waals surface area contributed by atoms with E-state index < -0.39 is 0 Å². The average molecular weight is 254 g/mol. The Kier molecular flexibility index (Phi) is 3.20. The minimum Gasteiger partial charge on any atom is -0.349 e. The number of carbonyl (C=O) groups excluding carboxylic acids is 1. The molecule has 1 saturated carbocycles. The molecule has 0 aliphatic heterocycles. The van der Waals surface area contributed by atoms with Crippen molar-refractivity contribution in [2.45, 2.75) is 32.2 Å². The van der Waals surface area contributed by atoms with E-state index in [-0.39, 0.29) is 5.91 Å². The van der Waals surface area contributed by atoms with E-state index in [1.165, 1.54) is 6.42 Å². The van der Waals surface area contributed by atoms with Crippen molar-refractivity contribution in [1.82, 2.24) is 10.3 Å². The topological polar surface area (TPSA) is 42.0 Å². The third-order valence-electron chi connectivity index (χ3n) is 3.92. The number of hydrogen-bond acceptors (Lipinski definition) is 2. The molecular formula is C16H18N2O. The van der Waals surface area contributed by atoms with Gasteiger partial charge in [-0.2, -0.15) is 0 Å². The van der Waals surface area contributed by atoms with E-state index in [2.05, 4.69) is 17.2 Å². The van der Waals surface area contributed by atoms with Crippen LogP contribution in [0, 0.1) is 5.92 Å². The third-order valence-corrected chi connectivity index (χ3v) is 3.92. The molecule has 1 aromatic carbocycles. The zero-order chi connectivity index (χ0) is 13.2. The molecule has 2 unspecified atom stereocenters. The first-order chi connectivity index (χ1) is 9.24. The molecule has 3 nitrogen and oxygen atoms in total. The summed E-state index contributed by atoms with van der Waals surface area (Å²) in [5.41, 5.74) is 1.60. The smallest absolute Gasteiger partial charge is 0.252 e. The summed E-state index contributed by atoms with van der Waals surface area (Å²) in [4.78, 5) is 16.7. The second-order valence-corrected chi connectivity index (χ2v) is 5.46. The predicted molar refractivity (Wildman–Crippen MR) is 76.0 cm³/mol. The van der Waals surface area contributed by atoms with E-state index in [9.17, 15) is 4.79 Å². The van der Waals surface area contributed by atoms with Crippen LogP contribution in [-0.4, -0.2) is 16.9 Å². The highest BCUT2D eigenvalue weighted by Gasteiger charge is 2.23. The zero-order valence-corrected chi connectivity index (χ0v) is 11.1. The lowest BCUT2D eigenvalue weighted by Crippen LogP contribution is -2.33. The Labute approximate surface area is 113 Å². The van der Waals surface area contributed by atoms with E-state index in [0.29, 0.717) is 6.04 Å². The summed E-state index contributed by atoms with van der Waals surface area (Å²) >= 11 is 0. The van der Waals surface area contributed by atoms with Crippen LogP contribution >= 0.6 is 0 Å². The Morgan fingerprint density at radius 3 is 2.95 bits per heavy atom. The SMILES string of the molecule is CC1CCC(NC(=O)c2cccc3ncccc23)C1. The number of nitrogens with zero attached hydrogens (tertiary/aromatic N) is 1. The van der Waals surface area contributed by atoms with Gasteiger partial charge in [0.2, 0.25) is 0 Å².